The number of halogens is 2. The number of carbonyl (C=O) groups is 5. The molecule has 3 amide bonds. The number of phenols is 2. The fraction of sp³-hybridized carbons (Fsp3) is 0.452. The van der Waals surface area contributed by atoms with Crippen molar-refractivity contribution in [3.63, 3.8) is 0 Å². The van der Waals surface area contributed by atoms with Gasteiger partial charge in [-0.1, -0.05) is 5.16 Å². The Morgan fingerprint density at radius 1 is 1.15 bits per heavy atom. The number of benzene rings is 1. The van der Waals surface area contributed by atoms with Gasteiger partial charge in [0.25, 0.3) is 17.7 Å². The van der Waals surface area contributed by atoms with E-state index in [2.05, 4.69) is 15.5 Å². The molecule has 0 unspecified atom stereocenters. The molecule has 0 radical (unpaired) electrons. The van der Waals surface area contributed by atoms with Gasteiger partial charge in [-0.15, -0.1) is 47.9 Å². The van der Waals surface area contributed by atoms with Crippen molar-refractivity contribution in [1.82, 2.24) is 20.1 Å². The molecule has 1 aromatic heterocycles. The van der Waals surface area contributed by atoms with E-state index in [0.717, 1.165) is 16.2 Å². The van der Waals surface area contributed by atoms with E-state index < -0.39 is 53.1 Å². The molecule has 284 valence electrons. The normalized spacial score (nSPS) is 19.7. The van der Waals surface area contributed by atoms with E-state index in [1.807, 2.05) is 7.05 Å². The number of β-lactam (4-membered cyclic amide) rings is 1. The molecule has 2 fully saturated rings. The van der Waals surface area contributed by atoms with Crippen molar-refractivity contribution in [3.05, 3.63) is 46.1 Å². The van der Waals surface area contributed by atoms with Crippen LogP contribution in [-0.4, -0.2) is 134 Å². The summed E-state index contributed by atoms with van der Waals surface area (Å²) in [5.74, 6) is -4.54. The number of nitrogens with zero attached hydrogens (tertiary/aromatic N) is 5. The second kappa shape index (κ2) is 16.6. The van der Waals surface area contributed by atoms with Crippen molar-refractivity contribution < 1.29 is 53.3 Å². The predicted molar refractivity (Wildman–Crippen MR) is 193 cm³/mol. The Morgan fingerprint density at radius 2 is 1.83 bits per heavy atom. The third-order valence-electron chi connectivity index (χ3n) is 8.17. The topological polar surface area (TPSA) is 237 Å². The third-order valence-corrected chi connectivity index (χ3v) is 10.2. The Kier molecular flexibility index (Phi) is 13.4. The minimum atomic E-state index is -1.52. The number of nitrogens with two attached hydrogens (primary N) is 1. The number of thioether (sulfide) groups is 1. The van der Waals surface area contributed by atoms with Crippen LogP contribution in [0.25, 0.3) is 0 Å². The fourth-order valence-corrected chi connectivity index (χ4v) is 7.62. The minimum Gasteiger partial charge on any atom is -0.543 e. The van der Waals surface area contributed by atoms with E-state index in [4.69, 9.17) is 15.3 Å². The predicted octanol–water partition coefficient (Wildman–Crippen LogP) is 0.0490. The summed E-state index contributed by atoms with van der Waals surface area (Å²) in [5.41, 5.74) is 5.15. The first-order chi connectivity index (χ1) is 23.5. The lowest BCUT2D eigenvalue weighted by Gasteiger charge is -2.51. The average Bonchev–Trinajstić information content (AvgIpc) is 3.47. The number of phenolic OH excluding ortho intramolecular Hbond substituents is 2. The lowest BCUT2D eigenvalue weighted by molar-refractivity contribution is -0.908. The Morgan fingerprint density at radius 3 is 2.40 bits per heavy atom. The minimum absolute atomic E-state index is 0. The molecule has 0 bridgehead atoms. The molecule has 4 heterocycles. The number of aromatic hydroxyl groups is 2. The lowest BCUT2D eigenvalue weighted by Crippen LogP contribution is -2.72. The number of hydrogen-bond acceptors (Lipinski definition) is 15. The van der Waals surface area contributed by atoms with E-state index in [1.165, 1.54) is 35.3 Å². The lowest BCUT2D eigenvalue weighted by atomic mass is 10.0. The van der Waals surface area contributed by atoms with E-state index in [0.29, 0.717) is 36.2 Å². The largest absolute Gasteiger partial charge is 0.543 e. The summed E-state index contributed by atoms with van der Waals surface area (Å²) >= 11 is 2.32. The Hall–Kier alpha value is -4.30. The molecular formula is C31H39Cl2N7O10S2. The number of likely N-dealkylation sites (N-methyl/N-ethyl adjacent to an activating group) is 1. The summed E-state index contributed by atoms with van der Waals surface area (Å²) in [5, 5.41) is 39.0. The first-order valence-corrected chi connectivity index (χ1v) is 17.4. The number of nitrogen functional groups attached to an aromatic ring is 1. The third kappa shape index (κ3) is 9.37. The smallest absolute Gasteiger partial charge is 0.347 e. The highest BCUT2D eigenvalue weighted by molar-refractivity contribution is 8.00. The highest BCUT2D eigenvalue weighted by atomic mass is 35.5. The maximum absolute atomic E-state index is 13.4. The zero-order valence-electron chi connectivity index (χ0n) is 28.5. The second-order valence-corrected chi connectivity index (χ2v) is 15.2. The molecule has 1 aromatic carbocycles. The summed E-state index contributed by atoms with van der Waals surface area (Å²) in [7, 11) is 1.93. The van der Waals surface area contributed by atoms with Gasteiger partial charge in [0, 0.05) is 22.3 Å². The van der Waals surface area contributed by atoms with Crippen LogP contribution in [0.1, 0.15) is 36.8 Å². The monoisotopic (exact) mass is 803 g/mol. The van der Waals surface area contributed by atoms with Crippen LogP contribution < -0.4 is 16.2 Å². The van der Waals surface area contributed by atoms with Crippen molar-refractivity contribution in [2.24, 2.45) is 5.16 Å². The molecule has 5 rings (SSSR count). The first kappa shape index (κ1) is 42.1. The number of piperazine rings is 1. The van der Waals surface area contributed by atoms with Gasteiger partial charge in [-0.3, -0.25) is 19.3 Å². The van der Waals surface area contributed by atoms with Gasteiger partial charge in [-0.05, 0) is 39.0 Å². The van der Waals surface area contributed by atoms with Gasteiger partial charge in [0.15, 0.2) is 22.3 Å². The van der Waals surface area contributed by atoms with Crippen molar-refractivity contribution in [1.29, 1.82) is 0 Å². The summed E-state index contributed by atoms with van der Waals surface area (Å²) in [6.45, 7) is 6.40. The van der Waals surface area contributed by atoms with Crippen molar-refractivity contribution >= 4 is 88.4 Å². The summed E-state index contributed by atoms with van der Waals surface area (Å²) in [6.07, 6.45) is 0. The number of carboxylic acids is 1. The number of oxime groups is 1. The molecule has 2 saturated heterocycles. The maximum atomic E-state index is 13.4. The molecule has 21 heteroatoms. The number of esters is 1. The van der Waals surface area contributed by atoms with E-state index in [9.17, 15) is 39.3 Å². The molecule has 52 heavy (non-hydrogen) atoms. The Balaban J connectivity index is 0.00000364. The van der Waals surface area contributed by atoms with Crippen LogP contribution in [0.15, 0.2) is 40.0 Å². The highest BCUT2D eigenvalue weighted by Crippen LogP contribution is 2.41. The van der Waals surface area contributed by atoms with Gasteiger partial charge in [0.05, 0.1) is 44.9 Å². The first-order valence-electron chi connectivity index (χ1n) is 15.4. The maximum Gasteiger partial charge on any atom is 0.347 e. The number of quaternary nitrogens is 1. The van der Waals surface area contributed by atoms with Crippen LogP contribution in [0.4, 0.5) is 5.13 Å². The van der Waals surface area contributed by atoms with Crippen LogP contribution in [-0.2, 0) is 28.8 Å². The van der Waals surface area contributed by atoms with E-state index in [1.54, 1.807) is 25.7 Å². The SMILES string of the molecule is CC(C)(C)OC(=O)CON=C(C(=O)N[C@@H]1C(=O)N2C(C(=O)[O-])=C(C[N+]3(C)CCN(C(=O)c4ccc(O)c(O)c4)CC3)CS[C@@H]12)c1csc(N)n1.Cl.Cl. The van der Waals surface area contributed by atoms with Crippen LogP contribution >= 0.6 is 47.9 Å². The zero-order valence-corrected chi connectivity index (χ0v) is 31.8. The van der Waals surface area contributed by atoms with Crippen molar-refractivity contribution in [2.45, 2.75) is 37.8 Å². The zero-order chi connectivity index (χ0) is 36.5. The fourth-order valence-electron chi connectivity index (χ4n) is 5.73. The highest BCUT2D eigenvalue weighted by Gasteiger charge is 2.54. The number of nitrogens with one attached hydrogen (secondary N) is 1. The van der Waals surface area contributed by atoms with Crippen LogP contribution in [0, 0.1) is 0 Å². The van der Waals surface area contributed by atoms with E-state index in [-0.39, 0.29) is 76.6 Å². The molecule has 0 saturated carbocycles. The van der Waals surface area contributed by atoms with Crippen LogP contribution in [0.3, 0.4) is 0 Å². The molecule has 5 N–H and O–H groups in total. The summed E-state index contributed by atoms with van der Waals surface area (Å²) in [6, 6.07) is 2.77. The van der Waals surface area contributed by atoms with Crippen LogP contribution in [0.2, 0.25) is 0 Å². The number of carbonyl (C=O) groups excluding carboxylic acids is 5. The summed E-state index contributed by atoms with van der Waals surface area (Å²) in [4.78, 5) is 76.1. The number of anilines is 1. The number of hydrogen-bond donors (Lipinski definition) is 4. The number of fused-ring (bicyclic) bond motifs is 1. The summed E-state index contributed by atoms with van der Waals surface area (Å²) < 4.78 is 5.57. The molecule has 0 aliphatic carbocycles. The molecule has 2 atom stereocenters. The van der Waals surface area contributed by atoms with Gasteiger partial charge in [0.1, 0.15) is 29.3 Å². The number of aromatic nitrogens is 1. The molecule has 0 spiro atoms. The number of rotatable bonds is 10. The van der Waals surface area contributed by atoms with Gasteiger partial charge in [0.2, 0.25) is 6.61 Å². The number of thiazole rings is 1. The van der Waals surface area contributed by atoms with Gasteiger partial charge in [-0.2, -0.15) is 0 Å². The van der Waals surface area contributed by atoms with Crippen molar-refractivity contribution in [2.75, 3.05) is 57.9 Å². The van der Waals surface area contributed by atoms with Gasteiger partial charge in [-0.25, -0.2) is 9.78 Å². The molecule has 2 aromatic rings. The Bertz CT molecular complexity index is 1790. The molecular weight excluding hydrogens is 765 g/mol. The van der Waals surface area contributed by atoms with Crippen LogP contribution in [0.5, 0.6) is 11.5 Å². The number of aliphatic carboxylic acids is 1. The molecule has 17 nitrogen and oxygen atoms in total. The van der Waals surface area contributed by atoms with Crippen molar-refractivity contribution in [3.8, 4) is 11.5 Å². The number of carboxylic acid groups (broad SMARTS) is 1. The van der Waals surface area contributed by atoms with Gasteiger partial charge < -0.3 is 50.1 Å². The second-order valence-electron chi connectivity index (χ2n) is 13.2. The standard InChI is InChI=1S/C31H37N7O10S2.2ClH/c1-31(2,3)48-21(41)13-47-35-22(18-15-50-30(32)33-18)25(42)34-23-27(44)37-24(29(45)46)17(14-49-28(23)37)12-38(4)9-7-36(8-10-38)26(43)16-5-6-19(39)20(40)11-16;;/h5-6,11,15,23,28H,7-10,12-14H2,1-4H3,(H5-,32,33,34,35,39,40,42,43,45,46);2*1H/t23-,28+;;/m1../s1. The average molecular weight is 805 g/mol. The van der Waals surface area contributed by atoms with E-state index >= 15 is 0 Å². The number of ether oxygens (including phenoxy) is 1. The number of amides is 3. The molecule has 3 aliphatic heterocycles. The Labute approximate surface area is 319 Å². The van der Waals surface area contributed by atoms with Gasteiger partial charge >= 0.3 is 5.97 Å². The quantitative estimate of drug-likeness (QED) is 0.0621. The molecule has 3 aliphatic rings.